The molecule has 0 aromatic heterocycles. The van der Waals surface area contributed by atoms with Crippen LogP contribution in [0, 0.1) is 30.6 Å². The van der Waals surface area contributed by atoms with E-state index in [1.54, 1.807) is 47.0 Å². The molecule has 3 N–H and O–H groups in total. The molecule has 0 radical (unpaired) electrons. The third kappa shape index (κ3) is 4.97. The smallest absolute Gasteiger partial charge is 0.248 e. The van der Waals surface area contributed by atoms with Crippen molar-refractivity contribution in [3.05, 3.63) is 53.1 Å². The topological polar surface area (TPSA) is 108 Å². The molecule has 1 spiro atoms. The van der Waals surface area contributed by atoms with Crippen LogP contribution in [0.2, 0.25) is 5.02 Å². The van der Waals surface area contributed by atoms with Crippen LogP contribution in [0.1, 0.15) is 46.1 Å². The van der Waals surface area contributed by atoms with Crippen molar-refractivity contribution in [2.75, 3.05) is 23.8 Å². The second kappa shape index (κ2) is 12.1. The fraction of sp³-hybridized carbons (Fsp3) is 0.531. The van der Waals surface area contributed by atoms with Gasteiger partial charge in [-0.25, -0.2) is 0 Å². The van der Waals surface area contributed by atoms with E-state index in [1.807, 2.05) is 39.8 Å². The fourth-order valence-electron chi connectivity index (χ4n) is 7.24. The molecule has 3 unspecified atom stereocenters. The van der Waals surface area contributed by atoms with E-state index in [2.05, 4.69) is 17.6 Å². The quantitative estimate of drug-likeness (QED) is 0.333. The molecule has 8 nitrogen and oxygen atoms in total. The van der Waals surface area contributed by atoms with Crippen molar-refractivity contribution in [3.63, 3.8) is 0 Å². The first kappa shape index (κ1) is 30.7. The van der Waals surface area contributed by atoms with Crippen LogP contribution in [-0.2, 0) is 14.4 Å². The molecule has 0 saturated carbocycles. The summed E-state index contributed by atoms with van der Waals surface area (Å²) in [6.07, 6.45) is 1.43. The van der Waals surface area contributed by atoms with Crippen LogP contribution in [0.4, 0.5) is 11.4 Å². The molecule has 8 atom stereocenters. The molecule has 2 aromatic rings. The van der Waals surface area contributed by atoms with Gasteiger partial charge < -0.3 is 25.4 Å². The first-order valence-electron chi connectivity index (χ1n) is 14.8. The lowest BCUT2D eigenvalue weighted by molar-refractivity contribution is -0.142. The van der Waals surface area contributed by atoms with Gasteiger partial charge in [0.1, 0.15) is 11.8 Å². The Hall–Kier alpha value is -2.75. The number of para-hydroxylation sites is 1. The van der Waals surface area contributed by atoms with Crippen LogP contribution >= 0.6 is 23.4 Å². The zero-order chi connectivity index (χ0) is 30.3. The highest BCUT2D eigenvalue weighted by atomic mass is 35.5. The van der Waals surface area contributed by atoms with E-state index in [0.717, 1.165) is 12.0 Å². The Bertz CT molecular complexity index is 1340. The highest BCUT2D eigenvalue weighted by Gasteiger charge is 2.76. The molecule has 3 fully saturated rings. The maximum Gasteiger partial charge on any atom is 0.248 e. The Labute approximate surface area is 256 Å². The number of aliphatic hydroxyl groups is 1. The number of hydrogen-bond donors (Lipinski definition) is 3. The Morgan fingerprint density at radius 2 is 1.88 bits per heavy atom. The standard InChI is InChI=1S/C32H40ClN3O5S/c1-6-17(3)23(16-37)36-28(30(39)35-27-18(4)9-8-10-22(27)33)32-19(5)15-24(42-32)25(26(32)31(36)40)29(38)34-20-11-13-21(14-12-20)41-7-2/h8-14,17,19,23-26,28,37H,6-7,15-16H2,1-5H3,(H,34,38)(H,35,39)/t17-,19?,23-,24-,25+,26-,28?,32?/m0/s1. The molecule has 3 heterocycles. The summed E-state index contributed by atoms with van der Waals surface area (Å²) >= 11 is 8.10. The summed E-state index contributed by atoms with van der Waals surface area (Å²) in [5.41, 5.74) is 1.94. The third-order valence-corrected chi connectivity index (χ3v) is 11.9. The Kier molecular flexibility index (Phi) is 8.84. The molecule has 3 aliphatic rings. The van der Waals surface area contributed by atoms with E-state index >= 15 is 0 Å². The molecule has 2 bridgehead atoms. The molecular weight excluding hydrogens is 574 g/mol. The number of nitrogens with one attached hydrogen (secondary N) is 2. The van der Waals surface area contributed by atoms with Crippen molar-refractivity contribution in [1.29, 1.82) is 0 Å². The number of benzene rings is 2. The minimum Gasteiger partial charge on any atom is -0.494 e. The van der Waals surface area contributed by atoms with E-state index in [0.29, 0.717) is 35.2 Å². The van der Waals surface area contributed by atoms with E-state index in [4.69, 9.17) is 16.3 Å². The molecule has 3 saturated heterocycles. The SMILES string of the molecule is CCOc1ccc(NC(=O)[C@@H]2[C@@H]3CC(C)C4(S3)C(C(=O)Nc3c(C)cccc3Cl)N([C@@H](CO)[C@@H](C)CC)C(=O)[C@H]24)cc1. The van der Waals surface area contributed by atoms with Crippen molar-refractivity contribution >= 4 is 52.5 Å². The molecular formula is C32H40ClN3O5S. The van der Waals surface area contributed by atoms with Crippen molar-refractivity contribution in [1.82, 2.24) is 4.90 Å². The predicted octanol–water partition coefficient (Wildman–Crippen LogP) is 5.37. The summed E-state index contributed by atoms with van der Waals surface area (Å²) in [5.74, 6) is -1.45. The molecule has 2 aromatic carbocycles. The van der Waals surface area contributed by atoms with Gasteiger partial charge in [0.15, 0.2) is 0 Å². The number of fused-ring (bicyclic) bond motifs is 1. The van der Waals surface area contributed by atoms with E-state index in [-0.39, 0.29) is 41.4 Å². The minimum absolute atomic E-state index is 0.000318. The fourth-order valence-corrected chi connectivity index (χ4v) is 9.92. The summed E-state index contributed by atoms with van der Waals surface area (Å²) in [5, 5.41) is 17.0. The number of thioether (sulfide) groups is 1. The average Bonchev–Trinajstić information content (AvgIpc) is 3.56. The Morgan fingerprint density at radius 3 is 2.50 bits per heavy atom. The number of amides is 3. The molecule has 10 heteroatoms. The molecule has 3 amide bonds. The molecule has 5 rings (SSSR count). The number of rotatable bonds is 10. The van der Waals surface area contributed by atoms with Crippen LogP contribution in [0.5, 0.6) is 5.75 Å². The number of aryl methyl sites for hydroxylation is 1. The second-order valence-corrected chi connectivity index (χ2v) is 13.8. The number of anilines is 2. The third-order valence-electron chi connectivity index (χ3n) is 9.48. The van der Waals surface area contributed by atoms with Gasteiger partial charge in [0.25, 0.3) is 0 Å². The molecule has 226 valence electrons. The monoisotopic (exact) mass is 613 g/mol. The Balaban J connectivity index is 1.53. The Morgan fingerprint density at radius 1 is 1.17 bits per heavy atom. The van der Waals surface area contributed by atoms with Crippen molar-refractivity contribution in [3.8, 4) is 5.75 Å². The molecule has 0 aliphatic carbocycles. The highest BCUT2D eigenvalue weighted by molar-refractivity contribution is 8.02. The van der Waals surface area contributed by atoms with Gasteiger partial charge in [0.2, 0.25) is 17.7 Å². The lowest BCUT2D eigenvalue weighted by Gasteiger charge is -2.41. The van der Waals surface area contributed by atoms with E-state index in [1.165, 1.54) is 0 Å². The van der Waals surface area contributed by atoms with Gasteiger partial charge >= 0.3 is 0 Å². The van der Waals surface area contributed by atoms with Crippen molar-refractivity contribution < 1.29 is 24.2 Å². The lowest BCUT2D eigenvalue weighted by Crippen LogP contribution is -2.58. The highest BCUT2D eigenvalue weighted by Crippen LogP contribution is 2.69. The first-order valence-corrected chi connectivity index (χ1v) is 16.0. The largest absolute Gasteiger partial charge is 0.494 e. The maximum absolute atomic E-state index is 14.5. The summed E-state index contributed by atoms with van der Waals surface area (Å²) in [6, 6.07) is 11.2. The van der Waals surface area contributed by atoms with Crippen LogP contribution in [0.15, 0.2) is 42.5 Å². The second-order valence-electron chi connectivity index (χ2n) is 11.8. The van der Waals surface area contributed by atoms with Crippen LogP contribution in [0.3, 0.4) is 0 Å². The summed E-state index contributed by atoms with van der Waals surface area (Å²) in [7, 11) is 0. The normalized spacial score (nSPS) is 29.3. The average molecular weight is 614 g/mol. The van der Waals surface area contributed by atoms with Crippen molar-refractivity contribution in [2.45, 2.75) is 69.5 Å². The zero-order valence-electron chi connectivity index (χ0n) is 24.7. The lowest BCUT2D eigenvalue weighted by atomic mass is 9.65. The number of halogens is 1. The number of likely N-dealkylation sites (tertiary alicyclic amines) is 1. The van der Waals surface area contributed by atoms with Gasteiger partial charge in [-0.2, -0.15) is 0 Å². The van der Waals surface area contributed by atoms with Crippen molar-refractivity contribution in [2.24, 2.45) is 23.7 Å². The molecule has 42 heavy (non-hydrogen) atoms. The zero-order valence-corrected chi connectivity index (χ0v) is 26.3. The van der Waals surface area contributed by atoms with Gasteiger partial charge in [0.05, 0.1) is 46.5 Å². The summed E-state index contributed by atoms with van der Waals surface area (Å²) in [6.45, 7) is 10.1. The van der Waals surface area contributed by atoms with Crippen LogP contribution < -0.4 is 15.4 Å². The van der Waals surface area contributed by atoms with E-state index in [9.17, 15) is 19.5 Å². The van der Waals surface area contributed by atoms with E-state index < -0.39 is 28.7 Å². The number of hydrogen-bond acceptors (Lipinski definition) is 6. The minimum atomic E-state index is -0.870. The van der Waals surface area contributed by atoms with Gasteiger partial charge in [-0.05, 0) is 68.0 Å². The maximum atomic E-state index is 14.5. The summed E-state index contributed by atoms with van der Waals surface area (Å²) in [4.78, 5) is 44.4. The number of aliphatic hydroxyl groups excluding tert-OH is 1. The number of ether oxygens (including phenoxy) is 1. The number of carbonyl (C=O) groups is 3. The first-order chi connectivity index (χ1) is 20.1. The van der Waals surface area contributed by atoms with Crippen LogP contribution in [0.25, 0.3) is 0 Å². The summed E-state index contributed by atoms with van der Waals surface area (Å²) < 4.78 is 4.70. The molecule has 3 aliphatic heterocycles. The number of nitrogens with zero attached hydrogens (tertiary/aromatic N) is 1. The van der Waals surface area contributed by atoms with Crippen LogP contribution in [-0.4, -0.2) is 63.0 Å². The van der Waals surface area contributed by atoms with Gasteiger partial charge in [-0.15, -0.1) is 11.8 Å². The van der Waals surface area contributed by atoms with Gasteiger partial charge in [-0.3, -0.25) is 14.4 Å². The number of carbonyl (C=O) groups excluding carboxylic acids is 3. The predicted molar refractivity (Wildman–Crippen MR) is 167 cm³/mol. The van der Waals surface area contributed by atoms with Gasteiger partial charge in [-0.1, -0.05) is 50.9 Å². The van der Waals surface area contributed by atoms with Gasteiger partial charge in [0, 0.05) is 10.9 Å².